The van der Waals surface area contributed by atoms with E-state index in [4.69, 9.17) is 4.74 Å². The summed E-state index contributed by atoms with van der Waals surface area (Å²) in [6.45, 7) is 4.35. The molecule has 32 heavy (non-hydrogen) atoms. The minimum atomic E-state index is -0.435. The number of carbonyl (C=O) groups excluding carboxylic acids is 2. The Balaban J connectivity index is 1.89. The summed E-state index contributed by atoms with van der Waals surface area (Å²) in [5.74, 6) is -0.611. The summed E-state index contributed by atoms with van der Waals surface area (Å²) in [6.07, 6.45) is 22.1. The summed E-state index contributed by atoms with van der Waals surface area (Å²) in [4.78, 5) is 22.7. The molecule has 1 rings (SSSR count). The molecule has 0 aliphatic rings. The van der Waals surface area contributed by atoms with Gasteiger partial charge in [0.25, 0.3) is 0 Å². The van der Waals surface area contributed by atoms with Crippen LogP contribution in [0.25, 0.3) is 0 Å². The Kier molecular flexibility index (Phi) is 17.5. The highest BCUT2D eigenvalue weighted by Gasteiger charge is 2.07. The third kappa shape index (κ3) is 15.9. The molecule has 0 radical (unpaired) electrons. The molecule has 0 atom stereocenters. The summed E-state index contributed by atoms with van der Waals surface area (Å²) < 4.78 is 4.75. The van der Waals surface area contributed by atoms with Crippen LogP contribution in [0.5, 0.6) is 0 Å². The van der Waals surface area contributed by atoms with Crippen LogP contribution in [0.15, 0.2) is 24.3 Å². The monoisotopic (exact) mass is 445 g/mol. The molecule has 0 spiro atoms. The van der Waals surface area contributed by atoms with E-state index in [2.05, 4.69) is 12.2 Å². The molecule has 0 fully saturated rings. The van der Waals surface area contributed by atoms with Crippen molar-refractivity contribution < 1.29 is 14.3 Å². The summed E-state index contributed by atoms with van der Waals surface area (Å²) in [5, 5.41) is 3.41. The van der Waals surface area contributed by atoms with E-state index in [1.165, 1.54) is 110 Å². The van der Waals surface area contributed by atoms with Gasteiger partial charge in [-0.05, 0) is 30.7 Å². The van der Waals surface area contributed by atoms with Gasteiger partial charge in [-0.25, -0.2) is 0 Å². The van der Waals surface area contributed by atoms with Gasteiger partial charge in [-0.1, -0.05) is 103 Å². The van der Waals surface area contributed by atoms with Gasteiger partial charge in [0.15, 0.2) is 12.4 Å². The number of ketones is 1. The molecular weight excluding hydrogens is 398 g/mol. The molecule has 0 aromatic heterocycles. The fraction of sp³-hybridized carbons (Fsp3) is 0.714. The van der Waals surface area contributed by atoms with Crippen molar-refractivity contribution in [3.63, 3.8) is 0 Å². The van der Waals surface area contributed by atoms with E-state index >= 15 is 0 Å². The maximum atomic E-state index is 11.9. The van der Waals surface area contributed by atoms with Crippen LogP contribution in [0.1, 0.15) is 127 Å². The number of benzene rings is 1. The van der Waals surface area contributed by atoms with E-state index in [1.54, 1.807) is 12.1 Å². The highest BCUT2D eigenvalue weighted by Crippen LogP contribution is 2.14. The molecule has 0 heterocycles. The smallest absolute Gasteiger partial charge is 0.303 e. The van der Waals surface area contributed by atoms with E-state index in [1.807, 2.05) is 12.1 Å². The first-order valence-corrected chi connectivity index (χ1v) is 13.1. The lowest BCUT2D eigenvalue weighted by atomic mass is 10.0. The number of hydrogen-bond donors (Lipinski definition) is 1. The molecule has 0 unspecified atom stereocenters. The zero-order chi connectivity index (χ0) is 23.3. The minimum absolute atomic E-state index is 0.176. The molecule has 182 valence electrons. The van der Waals surface area contributed by atoms with E-state index in [9.17, 15) is 9.59 Å². The molecule has 4 nitrogen and oxygen atoms in total. The molecule has 1 aromatic rings. The Morgan fingerprint density at radius 2 is 1.12 bits per heavy atom. The molecule has 0 saturated carbocycles. The lowest BCUT2D eigenvalue weighted by Crippen LogP contribution is -2.11. The normalized spacial score (nSPS) is 10.8. The molecule has 0 bridgehead atoms. The average molecular weight is 446 g/mol. The Morgan fingerprint density at radius 3 is 1.56 bits per heavy atom. The van der Waals surface area contributed by atoms with Crippen molar-refractivity contribution in [1.29, 1.82) is 0 Å². The van der Waals surface area contributed by atoms with Gasteiger partial charge in [-0.15, -0.1) is 0 Å². The van der Waals surface area contributed by atoms with E-state index in [0.29, 0.717) is 5.56 Å². The van der Waals surface area contributed by atoms with E-state index in [-0.39, 0.29) is 12.4 Å². The third-order valence-corrected chi connectivity index (χ3v) is 5.97. The molecular formula is C28H47NO3. The van der Waals surface area contributed by atoms with Crippen LogP contribution in [0, 0.1) is 0 Å². The summed E-state index contributed by atoms with van der Waals surface area (Å²) >= 11 is 0. The lowest BCUT2D eigenvalue weighted by Gasteiger charge is -2.08. The first kappa shape index (κ1) is 28.2. The van der Waals surface area contributed by atoms with E-state index < -0.39 is 5.97 Å². The van der Waals surface area contributed by atoms with Gasteiger partial charge in [0.1, 0.15) is 0 Å². The predicted molar refractivity (Wildman–Crippen MR) is 135 cm³/mol. The number of ether oxygens (including phenoxy) is 1. The van der Waals surface area contributed by atoms with Crippen LogP contribution >= 0.6 is 0 Å². The maximum Gasteiger partial charge on any atom is 0.303 e. The second-order valence-electron chi connectivity index (χ2n) is 9.01. The molecule has 0 amide bonds. The quantitative estimate of drug-likeness (QED) is 0.118. The minimum Gasteiger partial charge on any atom is -0.457 e. The fourth-order valence-corrected chi connectivity index (χ4v) is 3.93. The van der Waals surface area contributed by atoms with Gasteiger partial charge >= 0.3 is 5.97 Å². The van der Waals surface area contributed by atoms with Gasteiger partial charge < -0.3 is 10.1 Å². The Morgan fingerprint density at radius 1 is 0.688 bits per heavy atom. The Labute approximate surface area is 196 Å². The molecule has 1 aromatic carbocycles. The van der Waals surface area contributed by atoms with Gasteiger partial charge in [-0.2, -0.15) is 0 Å². The van der Waals surface area contributed by atoms with Crippen LogP contribution in [-0.2, 0) is 9.53 Å². The lowest BCUT2D eigenvalue weighted by molar-refractivity contribution is -0.139. The number of carbonyl (C=O) groups is 2. The van der Waals surface area contributed by atoms with Crippen LogP contribution in [-0.4, -0.2) is 24.9 Å². The van der Waals surface area contributed by atoms with Crippen LogP contribution in [0.2, 0.25) is 0 Å². The topological polar surface area (TPSA) is 55.4 Å². The zero-order valence-electron chi connectivity index (χ0n) is 20.8. The highest BCUT2D eigenvalue weighted by atomic mass is 16.5. The van der Waals surface area contributed by atoms with Crippen molar-refractivity contribution >= 4 is 17.4 Å². The Bertz CT molecular complexity index is 597. The number of rotatable bonds is 21. The van der Waals surface area contributed by atoms with Crippen molar-refractivity contribution in [2.45, 2.75) is 117 Å². The molecule has 0 aliphatic carbocycles. The van der Waals surface area contributed by atoms with Crippen LogP contribution in [0.3, 0.4) is 0 Å². The first-order chi connectivity index (χ1) is 15.6. The SMILES string of the molecule is CCCCCCCCCCCCCCCCCCNc1ccc(C(=O)COC(C)=O)cc1. The van der Waals surface area contributed by atoms with Crippen molar-refractivity contribution in [3.8, 4) is 0 Å². The van der Waals surface area contributed by atoms with Crippen LogP contribution in [0.4, 0.5) is 5.69 Å². The number of hydrogen-bond acceptors (Lipinski definition) is 4. The number of unbranched alkanes of at least 4 members (excludes halogenated alkanes) is 15. The van der Waals surface area contributed by atoms with Crippen molar-refractivity contribution in [3.05, 3.63) is 29.8 Å². The van der Waals surface area contributed by atoms with E-state index in [0.717, 1.165) is 12.2 Å². The second kappa shape index (κ2) is 19.8. The van der Waals surface area contributed by atoms with Gasteiger partial charge in [0.2, 0.25) is 0 Å². The fourth-order valence-electron chi connectivity index (χ4n) is 3.93. The van der Waals surface area contributed by atoms with Crippen molar-refractivity contribution in [2.75, 3.05) is 18.5 Å². The first-order valence-electron chi connectivity index (χ1n) is 13.1. The average Bonchev–Trinajstić information content (AvgIpc) is 2.80. The largest absolute Gasteiger partial charge is 0.457 e. The molecule has 1 N–H and O–H groups in total. The van der Waals surface area contributed by atoms with Crippen molar-refractivity contribution in [1.82, 2.24) is 0 Å². The molecule has 0 saturated heterocycles. The van der Waals surface area contributed by atoms with Crippen molar-refractivity contribution in [2.24, 2.45) is 0 Å². The highest BCUT2D eigenvalue weighted by molar-refractivity contribution is 5.98. The number of anilines is 1. The maximum absolute atomic E-state index is 11.9. The van der Waals surface area contributed by atoms with Gasteiger partial charge in [0.05, 0.1) is 0 Å². The second-order valence-corrected chi connectivity index (χ2v) is 9.01. The summed E-state index contributed by atoms with van der Waals surface area (Å²) in [6, 6.07) is 7.38. The molecule has 4 heteroatoms. The van der Waals surface area contributed by atoms with Gasteiger partial charge in [-0.3, -0.25) is 9.59 Å². The number of esters is 1. The summed E-state index contributed by atoms with van der Waals surface area (Å²) in [7, 11) is 0. The molecule has 0 aliphatic heterocycles. The standard InChI is InChI=1S/C28H47NO3/c1-3-4-5-6-7-8-9-10-11-12-13-14-15-16-17-18-23-29-27-21-19-26(20-22-27)28(31)24-32-25(2)30/h19-22,29H,3-18,23-24H2,1-2H3. The third-order valence-electron chi connectivity index (χ3n) is 5.97. The zero-order valence-corrected chi connectivity index (χ0v) is 20.8. The summed E-state index contributed by atoms with van der Waals surface area (Å²) in [5.41, 5.74) is 1.59. The van der Waals surface area contributed by atoms with Crippen LogP contribution < -0.4 is 5.32 Å². The Hall–Kier alpha value is -1.84. The predicted octanol–water partition coefficient (Wildman–Crippen LogP) is 8.11. The number of Topliss-reactive ketones (excluding diaryl/α,β-unsaturated/α-hetero) is 1. The number of nitrogens with one attached hydrogen (secondary N) is 1. The van der Waals surface area contributed by atoms with Gasteiger partial charge in [0, 0.05) is 24.7 Å².